The summed E-state index contributed by atoms with van der Waals surface area (Å²) in [7, 11) is -3.57. The molecule has 0 saturated carbocycles. The lowest BCUT2D eigenvalue weighted by molar-refractivity contribution is 0.277. The van der Waals surface area contributed by atoms with Gasteiger partial charge in [0.05, 0.1) is 11.4 Å². The Bertz CT molecular complexity index is 655. The molecule has 0 bridgehead atoms. The number of hydrogen-bond donors (Lipinski definition) is 2. The lowest BCUT2D eigenvalue weighted by atomic mass is 10.00. The number of rotatable bonds is 5. The molecule has 1 aromatic rings. The van der Waals surface area contributed by atoms with Crippen molar-refractivity contribution in [2.75, 3.05) is 26.2 Å². The smallest absolute Gasteiger partial charge is 0.240 e. The lowest BCUT2D eigenvalue weighted by Crippen LogP contribution is -2.42. The summed E-state index contributed by atoms with van der Waals surface area (Å²) in [6, 6.07) is 6.15. The van der Waals surface area contributed by atoms with Gasteiger partial charge in [0, 0.05) is 24.7 Å². The second-order valence-corrected chi connectivity index (χ2v) is 7.97. The van der Waals surface area contributed by atoms with Crippen LogP contribution < -0.4 is 10.5 Å². The average Bonchev–Trinajstić information content (AvgIpc) is 2.52. The number of nitrogens with zero attached hydrogens (tertiary/aromatic N) is 2. The SMILES string of the molecule is CC1CCN(C(N)=NCCNS(=O)(=O)c2cccc(Cl)c2)CC1. The topological polar surface area (TPSA) is 87.8 Å². The zero-order valence-electron chi connectivity index (χ0n) is 13.2. The number of benzene rings is 1. The molecule has 1 fully saturated rings. The van der Waals surface area contributed by atoms with E-state index in [9.17, 15) is 8.42 Å². The molecule has 0 radical (unpaired) electrons. The van der Waals surface area contributed by atoms with E-state index in [1.54, 1.807) is 12.1 Å². The van der Waals surface area contributed by atoms with Crippen molar-refractivity contribution in [3.8, 4) is 0 Å². The van der Waals surface area contributed by atoms with Gasteiger partial charge in [-0.2, -0.15) is 0 Å². The van der Waals surface area contributed by atoms with Crippen LogP contribution in [-0.2, 0) is 10.0 Å². The van der Waals surface area contributed by atoms with Crippen LogP contribution in [0.25, 0.3) is 0 Å². The van der Waals surface area contributed by atoms with E-state index in [2.05, 4.69) is 16.6 Å². The van der Waals surface area contributed by atoms with Crippen molar-refractivity contribution in [1.29, 1.82) is 0 Å². The molecule has 6 nitrogen and oxygen atoms in total. The first-order valence-electron chi connectivity index (χ1n) is 7.68. The Balaban J connectivity index is 1.83. The summed E-state index contributed by atoms with van der Waals surface area (Å²) in [5, 5.41) is 0.384. The molecule has 0 unspecified atom stereocenters. The number of nitrogens with two attached hydrogens (primary N) is 1. The molecule has 0 amide bonds. The summed E-state index contributed by atoms with van der Waals surface area (Å²) in [6.07, 6.45) is 2.22. The molecule has 1 heterocycles. The highest BCUT2D eigenvalue weighted by Crippen LogP contribution is 2.16. The summed E-state index contributed by atoms with van der Waals surface area (Å²) in [5.74, 6) is 1.21. The van der Waals surface area contributed by atoms with E-state index in [0.29, 0.717) is 17.5 Å². The maximum absolute atomic E-state index is 12.1. The molecule has 2 rings (SSSR count). The Morgan fingerprint density at radius 2 is 2.13 bits per heavy atom. The number of sulfonamides is 1. The molecule has 1 aliphatic heterocycles. The third-order valence-corrected chi connectivity index (χ3v) is 5.59. The van der Waals surface area contributed by atoms with Crippen molar-refractivity contribution < 1.29 is 8.42 Å². The molecule has 1 aromatic carbocycles. The van der Waals surface area contributed by atoms with Crippen molar-refractivity contribution in [3.05, 3.63) is 29.3 Å². The molecule has 1 saturated heterocycles. The van der Waals surface area contributed by atoms with Crippen LogP contribution in [0, 0.1) is 5.92 Å². The minimum Gasteiger partial charge on any atom is -0.370 e. The molecule has 128 valence electrons. The highest BCUT2D eigenvalue weighted by atomic mass is 35.5. The summed E-state index contributed by atoms with van der Waals surface area (Å²) in [6.45, 7) is 4.54. The first kappa shape index (κ1) is 18.0. The molecular weight excluding hydrogens is 336 g/mol. The van der Waals surface area contributed by atoms with E-state index < -0.39 is 10.0 Å². The van der Waals surface area contributed by atoms with E-state index >= 15 is 0 Å². The van der Waals surface area contributed by atoms with Crippen LogP contribution in [0.5, 0.6) is 0 Å². The van der Waals surface area contributed by atoms with Crippen molar-refractivity contribution in [3.63, 3.8) is 0 Å². The standard InChI is InChI=1S/C15H23ClN4O2S/c1-12-5-9-20(10-6-12)15(17)18-7-8-19-23(21,22)14-4-2-3-13(16)11-14/h2-4,11-12,19H,5-10H2,1H3,(H2,17,18). The fourth-order valence-electron chi connectivity index (χ4n) is 2.41. The van der Waals surface area contributed by atoms with Gasteiger partial charge in [-0.25, -0.2) is 13.1 Å². The van der Waals surface area contributed by atoms with Crippen LogP contribution >= 0.6 is 11.6 Å². The van der Waals surface area contributed by atoms with Crippen LogP contribution in [0.4, 0.5) is 0 Å². The highest BCUT2D eigenvalue weighted by molar-refractivity contribution is 7.89. The zero-order chi connectivity index (χ0) is 16.9. The fraction of sp³-hybridized carbons (Fsp3) is 0.533. The zero-order valence-corrected chi connectivity index (χ0v) is 14.8. The molecule has 0 aromatic heterocycles. The lowest BCUT2D eigenvalue weighted by Gasteiger charge is -2.31. The van der Waals surface area contributed by atoms with Crippen molar-refractivity contribution in [2.24, 2.45) is 16.6 Å². The first-order valence-corrected chi connectivity index (χ1v) is 9.55. The first-order chi connectivity index (χ1) is 10.9. The van der Waals surface area contributed by atoms with Gasteiger partial charge in [-0.1, -0.05) is 24.6 Å². The highest BCUT2D eigenvalue weighted by Gasteiger charge is 2.17. The second-order valence-electron chi connectivity index (χ2n) is 5.76. The number of aliphatic imine (C=N–C) groups is 1. The molecule has 0 spiro atoms. The van der Waals surface area contributed by atoms with Crippen LogP contribution in [0.1, 0.15) is 19.8 Å². The van der Waals surface area contributed by atoms with Crippen molar-refractivity contribution in [2.45, 2.75) is 24.7 Å². The van der Waals surface area contributed by atoms with E-state index in [1.165, 1.54) is 12.1 Å². The van der Waals surface area contributed by atoms with Gasteiger partial charge in [-0.15, -0.1) is 0 Å². The number of likely N-dealkylation sites (tertiary alicyclic amines) is 1. The Morgan fingerprint density at radius 3 is 2.78 bits per heavy atom. The number of piperidine rings is 1. The predicted octanol–water partition coefficient (Wildman–Crippen LogP) is 1.66. The van der Waals surface area contributed by atoms with Gasteiger partial charge < -0.3 is 10.6 Å². The van der Waals surface area contributed by atoms with Gasteiger partial charge in [0.1, 0.15) is 0 Å². The summed E-state index contributed by atoms with van der Waals surface area (Å²) in [4.78, 5) is 6.45. The van der Waals surface area contributed by atoms with Crippen LogP contribution in [0.15, 0.2) is 34.2 Å². The van der Waals surface area contributed by atoms with E-state index in [4.69, 9.17) is 17.3 Å². The number of halogens is 1. The summed E-state index contributed by atoms with van der Waals surface area (Å²) < 4.78 is 26.7. The van der Waals surface area contributed by atoms with Gasteiger partial charge in [-0.3, -0.25) is 4.99 Å². The summed E-state index contributed by atoms with van der Waals surface area (Å²) in [5.41, 5.74) is 5.96. The minimum absolute atomic E-state index is 0.145. The minimum atomic E-state index is -3.57. The molecule has 23 heavy (non-hydrogen) atoms. The normalized spacial score (nSPS) is 17.5. The van der Waals surface area contributed by atoms with Crippen LogP contribution in [0.2, 0.25) is 5.02 Å². The monoisotopic (exact) mass is 358 g/mol. The third kappa shape index (κ3) is 5.37. The molecule has 1 aliphatic rings. The van der Waals surface area contributed by atoms with Crippen LogP contribution in [0.3, 0.4) is 0 Å². The quantitative estimate of drug-likeness (QED) is 0.476. The third-order valence-electron chi connectivity index (χ3n) is 3.89. The number of guanidine groups is 1. The second kappa shape index (κ2) is 7.99. The Morgan fingerprint density at radius 1 is 1.43 bits per heavy atom. The van der Waals surface area contributed by atoms with E-state index in [0.717, 1.165) is 31.8 Å². The van der Waals surface area contributed by atoms with Gasteiger partial charge in [0.25, 0.3) is 0 Å². The largest absolute Gasteiger partial charge is 0.370 e. The van der Waals surface area contributed by atoms with Crippen LogP contribution in [-0.4, -0.2) is 45.5 Å². The Kier molecular flexibility index (Phi) is 6.26. The average molecular weight is 359 g/mol. The predicted molar refractivity (Wildman–Crippen MR) is 93.1 cm³/mol. The molecule has 8 heteroatoms. The molecule has 0 atom stereocenters. The number of nitrogens with one attached hydrogen (secondary N) is 1. The fourth-order valence-corrected chi connectivity index (χ4v) is 3.73. The summed E-state index contributed by atoms with van der Waals surface area (Å²) >= 11 is 5.81. The molecule has 3 N–H and O–H groups in total. The molecular formula is C15H23ClN4O2S. The Labute approximate surface area is 142 Å². The van der Waals surface area contributed by atoms with E-state index in [-0.39, 0.29) is 11.4 Å². The van der Waals surface area contributed by atoms with Gasteiger partial charge in [-0.05, 0) is 37.0 Å². The van der Waals surface area contributed by atoms with Gasteiger partial charge in [0.15, 0.2) is 5.96 Å². The van der Waals surface area contributed by atoms with E-state index in [1.807, 2.05) is 4.90 Å². The van der Waals surface area contributed by atoms with Crippen molar-refractivity contribution in [1.82, 2.24) is 9.62 Å². The van der Waals surface area contributed by atoms with Crippen molar-refractivity contribution >= 4 is 27.6 Å². The maximum atomic E-state index is 12.1. The van der Waals surface area contributed by atoms with Gasteiger partial charge in [0.2, 0.25) is 10.0 Å². The maximum Gasteiger partial charge on any atom is 0.240 e. The Hall–Kier alpha value is -1.31. The van der Waals surface area contributed by atoms with Gasteiger partial charge >= 0.3 is 0 Å². The molecule has 0 aliphatic carbocycles. The number of hydrogen-bond acceptors (Lipinski definition) is 3.